The summed E-state index contributed by atoms with van der Waals surface area (Å²) in [6.45, 7) is 7.58. The lowest BCUT2D eigenvalue weighted by atomic mass is 10.1. The van der Waals surface area contributed by atoms with Gasteiger partial charge in [0.05, 0.1) is 11.9 Å². The number of amides is 2. The number of hydrogen-bond acceptors (Lipinski definition) is 4. The summed E-state index contributed by atoms with van der Waals surface area (Å²) in [6, 6.07) is 9.95. The molecule has 0 bridgehead atoms. The van der Waals surface area contributed by atoms with E-state index in [1.807, 2.05) is 39.8 Å². The first kappa shape index (κ1) is 20.8. The predicted molar refractivity (Wildman–Crippen MR) is 116 cm³/mol. The maximum absolute atomic E-state index is 12.3. The van der Waals surface area contributed by atoms with E-state index in [1.54, 1.807) is 24.3 Å². The van der Waals surface area contributed by atoms with E-state index in [0.717, 1.165) is 33.0 Å². The molecule has 0 unspecified atom stereocenters. The van der Waals surface area contributed by atoms with Crippen LogP contribution in [0.1, 0.15) is 27.8 Å². The van der Waals surface area contributed by atoms with E-state index < -0.39 is 23.2 Å². The van der Waals surface area contributed by atoms with Crippen LogP contribution in [0.25, 0.3) is 5.69 Å². The highest BCUT2D eigenvalue weighted by Crippen LogP contribution is 2.19. The largest absolute Gasteiger partial charge is 0.493 e. The van der Waals surface area contributed by atoms with Gasteiger partial charge in [-0.25, -0.2) is 19.1 Å². The fraction of sp³-hybridized carbons (Fsp3) is 0.182. The first-order valence-corrected chi connectivity index (χ1v) is 9.25. The molecular weight excluding hydrogens is 384 g/mol. The first-order chi connectivity index (χ1) is 14.2. The molecule has 2 aromatic carbocycles. The zero-order valence-corrected chi connectivity index (χ0v) is 17.1. The van der Waals surface area contributed by atoms with Gasteiger partial charge >= 0.3 is 11.7 Å². The minimum Gasteiger partial charge on any atom is -0.493 e. The number of hydrogen-bond donors (Lipinski definition) is 3. The molecule has 2 amide bonds. The van der Waals surface area contributed by atoms with Crippen LogP contribution in [-0.2, 0) is 0 Å². The molecule has 0 spiro atoms. The Balaban J connectivity index is 1.96. The van der Waals surface area contributed by atoms with Crippen LogP contribution in [0.3, 0.4) is 0 Å². The third kappa shape index (κ3) is 4.22. The van der Waals surface area contributed by atoms with E-state index in [-0.39, 0.29) is 5.56 Å². The summed E-state index contributed by atoms with van der Waals surface area (Å²) in [7, 11) is 0. The highest BCUT2D eigenvalue weighted by molar-refractivity contribution is 5.99. The standard InChI is InChI=1S/C22H22N4O4/c1-12-5-8-18(15(4)9-12)24-21(29)23-11-17-19(27)25-22(30)26(20(17)28)16-7-6-13(2)14(3)10-16/h5-11,28H,1-4H3,(H,24,29)(H,25,27,30). The van der Waals surface area contributed by atoms with Crippen molar-refractivity contribution in [2.45, 2.75) is 27.7 Å². The van der Waals surface area contributed by atoms with Crippen LogP contribution >= 0.6 is 0 Å². The number of carbonyl (C=O) groups excluding carboxylic acids is 1. The third-order valence-electron chi connectivity index (χ3n) is 4.80. The number of aromatic hydroxyl groups is 1. The molecular formula is C22H22N4O4. The fourth-order valence-corrected chi connectivity index (χ4v) is 2.98. The lowest BCUT2D eigenvalue weighted by Crippen LogP contribution is -2.31. The van der Waals surface area contributed by atoms with Gasteiger partial charge in [0.1, 0.15) is 5.56 Å². The van der Waals surface area contributed by atoms with Gasteiger partial charge in [-0.2, -0.15) is 0 Å². The maximum atomic E-state index is 12.3. The Morgan fingerprint density at radius 1 is 1.03 bits per heavy atom. The average Bonchev–Trinajstić information content (AvgIpc) is 2.66. The van der Waals surface area contributed by atoms with Crippen molar-refractivity contribution in [3.63, 3.8) is 0 Å². The van der Waals surface area contributed by atoms with Crippen molar-refractivity contribution >= 4 is 17.9 Å². The molecule has 8 heteroatoms. The van der Waals surface area contributed by atoms with Crippen LogP contribution in [0.4, 0.5) is 10.5 Å². The minimum absolute atomic E-state index is 0.302. The number of nitrogens with one attached hydrogen (secondary N) is 2. The number of rotatable bonds is 3. The average molecular weight is 406 g/mol. The predicted octanol–water partition coefficient (Wildman–Crippen LogP) is 3.12. The molecule has 0 atom stereocenters. The smallest absolute Gasteiger partial charge is 0.345 e. The molecule has 0 aliphatic carbocycles. The van der Waals surface area contributed by atoms with Gasteiger partial charge in [0.2, 0.25) is 5.88 Å². The van der Waals surface area contributed by atoms with Gasteiger partial charge < -0.3 is 10.4 Å². The number of carbonyl (C=O) groups is 1. The molecule has 3 N–H and O–H groups in total. The molecule has 0 saturated heterocycles. The summed E-state index contributed by atoms with van der Waals surface area (Å²) in [5.74, 6) is -0.602. The summed E-state index contributed by atoms with van der Waals surface area (Å²) in [5.41, 5.74) is 2.87. The van der Waals surface area contributed by atoms with Crippen LogP contribution in [-0.4, -0.2) is 26.9 Å². The number of nitrogens with zero attached hydrogens (tertiary/aromatic N) is 2. The van der Waals surface area contributed by atoms with E-state index in [2.05, 4.69) is 15.3 Å². The number of aromatic nitrogens is 2. The Morgan fingerprint density at radius 2 is 1.77 bits per heavy atom. The van der Waals surface area contributed by atoms with Crippen molar-refractivity contribution in [3.05, 3.63) is 85.1 Å². The molecule has 30 heavy (non-hydrogen) atoms. The summed E-state index contributed by atoms with van der Waals surface area (Å²) in [6.07, 6.45) is 0.935. The monoisotopic (exact) mass is 406 g/mol. The van der Waals surface area contributed by atoms with Crippen LogP contribution in [0.2, 0.25) is 0 Å². The zero-order valence-electron chi connectivity index (χ0n) is 17.1. The van der Waals surface area contributed by atoms with E-state index in [4.69, 9.17) is 0 Å². The second-order valence-electron chi connectivity index (χ2n) is 7.11. The van der Waals surface area contributed by atoms with Crippen LogP contribution in [0, 0.1) is 27.7 Å². The summed E-state index contributed by atoms with van der Waals surface area (Å²) >= 11 is 0. The normalized spacial score (nSPS) is 11.1. The number of benzene rings is 2. The minimum atomic E-state index is -0.847. The van der Waals surface area contributed by atoms with E-state index >= 15 is 0 Å². The van der Waals surface area contributed by atoms with Crippen LogP contribution < -0.4 is 16.6 Å². The molecule has 0 saturated carbocycles. The van der Waals surface area contributed by atoms with Gasteiger partial charge in [-0.3, -0.25) is 9.78 Å². The van der Waals surface area contributed by atoms with E-state index in [9.17, 15) is 19.5 Å². The Bertz CT molecular complexity index is 1290. The highest BCUT2D eigenvalue weighted by atomic mass is 16.3. The number of aliphatic imine (C=N–C) groups is 1. The molecule has 1 heterocycles. The number of urea groups is 1. The quantitative estimate of drug-likeness (QED) is 0.579. The number of aromatic amines is 1. The van der Waals surface area contributed by atoms with Gasteiger partial charge in [-0.15, -0.1) is 0 Å². The Labute approximate surface area is 172 Å². The molecule has 8 nitrogen and oxygen atoms in total. The summed E-state index contributed by atoms with van der Waals surface area (Å²) in [4.78, 5) is 42.5. The molecule has 1 aromatic heterocycles. The van der Waals surface area contributed by atoms with Gasteiger partial charge in [0.25, 0.3) is 5.56 Å². The lowest BCUT2D eigenvalue weighted by Gasteiger charge is -2.11. The van der Waals surface area contributed by atoms with Crippen molar-refractivity contribution in [2.24, 2.45) is 4.99 Å². The van der Waals surface area contributed by atoms with E-state index in [0.29, 0.717) is 11.4 Å². The Kier molecular flexibility index (Phi) is 5.68. The molecule has 154 valence electrons. The van der Waals surface area contributed by atoms with Gasteiger partial charge in [0.15, 0.2) is 0 Å². The van der Waals surface area contributed by atoms with Gasteiger partial charge in [-0.1, -0.05) is 23.8 Å². The fourth-order valence-electron chi connectivity index (χ4n) is 2.98. The van der Waals surface area contributed by atoms with Crippen molar-refractivity contribution in [2.75, 3.05) is 5.32 Å². The van der Waals surface area contributed by atoms with Gasteiger partial charge in [-0.05, 0) is 62.6 Å². The second kappa shape index (κ2) is 8.20. The molecule has 0 aliphatic heterocycles. The van der Waals surface area contributed by atoms with Crippen molar-refractivity contribution in [1.29, 1.82) is 0 Å². The molecule has 0 radical (unpaired) electrons. The van der Waals surface area contributed by atoms with Crippen LogP contribution in [0.5, 0.6) is 5.88 Å². The summed E-state index contributed by atoms with van der Waals surface area (Å²) < 4.78 is 0.956. The number of anilines is 1. The Hall–Kier alpha value is -3.94. The topological polar surface area (TPSA) is 117 Å². The first-order valence-electron chi connectivity index (χ1n) is 9.25. The summed E-state index contributed by atoms with van der Waals surface area (Å²) in [5, 5.41) is 13.2. The SMILES string of the molecule is Cc1ccc(NC(=O)N=Cc2c(O)n(-c3ccc(C)c(C)c3)c(=O)[nH]c2=O)c(C)c1. The van der Waals surface area contributed by atoms with Crippen molar-refractivity contribution in [3.8, 4) is 11.6 Å². The third-order valence-corrected chi connectivity index (χ3v) is 4.80. The van der Waals surface area contributed by atoms with Crippen molar-refractivity contribution < 1.29 is 9.90 Å². The number of aryl methyl sites for hydroxylation is 4. The zero-order chi connectivity index (χ0) is 22.0. The highest BCUT2D eigenvalue weighted by Gasteiger charge is 2.15. The van der Waals surface area contributed by atoms with Gasteiger partial charge in [0, 0.05) is 5.69 Å². The molecule has 3 aromatic rings. The molecule has 3 rings (SSSR count). The van der Waals surface area contributed by atoms with Crippen molar-refractivity contribution in [1.82, 2.24) is 9.55 Å². The lowest BCUT2D eigenvalue weighted by molar-refractivity contribution is 0.259. The van der Waals surface area contributed by atoms with Crippen LogP contribution in [0.15, 0.2) is 51.0 Å². The molecule has 0 aliphatic rings. The second-order valence-corrected chi connectivity index (χ2v) is 7.11. The van der Waals surface area contributed by atoms with E-state index in [1.165, 1.54) is 0 Å². The number of H-pyrrole nitrogens is 1. The molecule has 0 fully saturated rings. The Morgan fingerprint density at radius 3 is 2.43 bits per heavy atom. The maximum Gasteiger partial charge on any atom is 0.345 e.